The summed E-state index contributed by atoms with van der Waals surface area (Å²) in [5, 5.41) is 0. The van der Waals surface area contributed by atoms with E-state index in [0.717, 1.165) is 38.0 Å². The summed E-state index contributed by atoms with van der Waals surface area (Å²) in [4.78, 5) is 14.4. The molecule has 1 fully saturated rings. The first-order chi connectivity index (χ1) is 8.61. The highest BCUT2D eigenvalue weighted by Gasteiger charge is 2.27. The summed E-state index contributed by atoms with van der Waals surface area (Å²) in [5.74, 6) is 0.856. The van der Waals surface area contributed by atoms with Crippen LogP contribution in [-0.2, 0) is 0 Å². The third kappa shape index (κ3) is 2.75. The van der Waals surface area contributed by atoms with Crippen LogP contribution in [-0.4, -0.2) is 29.4 Å². The maximum Gasteiger partial charge on any atom is 0.257 e. The lowest BCUT2D eigenvalue weighted by atomic mass is 9.90. The number of carbonyl (C=O) groups excluding carboxylic acids is 1. The van der Waals surface area contributed by atoms with Crippen molar-refractivity contribution in [2.24, 2.45) is 5.73 Å². The van der Waals surface area contributed by atoms with Crippen LogP contribution in [0, 0.1) is 6.92 Å². The Labute approximate surface area is 108 Å². The van der Waals surface area contributed by atoms with Gasteiger partial charge in [0.1, 0.15) is 12.0 Å². The van der Waals surface area contributed by atoms with E-state index in [1.54, 1.807) is 12.3 Å². The van der Waals surface area contributed by atoms with Crippen LogP contribution in [0.3, 0.4) is 0 Å². The molecule has 2 N–H and O–H groups in total. The number of aryl methyl sites for hydroxylation is 1. The molecule has 0 radical (unpaired) electrons. The van der Waals surface area contributed by atoms with Gasteiger partial charge in [0.15, 0.2) is 0 Å². The third-order valence-corrected chi connectivity index (χ3v) is 3.76. The van der Waals surface area contributed by atoms with E-state index in [4.69, 9.17) is 10.2 Å². The molecule has 0 saturated heterocycles. The van der Waals surface area contributed by atoms with Gasteiger partial charge in [-0.05, 0) is 45.6 Å². The molecule has 1 aromatic rings. The largest absolute Gasteiger partial charge is 0.469 e. The lowest BCUT2D eigenvalue weighted by molar-refractivity contribution is 0.0640. The lowest BCUT2D eigenvalue weighted by Gasteiger charge is -2.35. The van der Waals surface area contributed by atoms with Crippen LogP contribution < -0.4 is 5.73 Å². The molecule has 1 heterocycles. The molecule has 4 nitrogen and oxygen atoms in total. The van der Waals surface area contributed by atoms with E-state index in [-0.39, 0.29) is 5.91 Å². The molecule has 1 aromatic heterocycles. The van der Waals surface area contributed by atoms with E-state index >= 15 is 0 Å². The predicted octanol–water partition coefficient (Wildman–Crippen LogP) is 2.32. The topological polar surface area (TPSA) is 59.5 Å². The summed E-state index contributed by atoms with van der Waals surface area (Å²) in [5.41, 5.74) is 6.57. The van der Waals surface area contributed by atoms with Crippen molar-refractivity contribution in [1.29, 1.82) is 0 Å². The first-order valence-electron chi connectivity index (χ1n) is 6.73. The maximum absolute atomic E-state index is 12.4. The first kappa shape index (κ1) is 13.1. The minimum atomic E-state index is 0.0785. The quantitative estimate of drug-likeness (QED) is 0.895. The molecule has 1 saturated carbocycles. The zero-order valence-electron chi connectivity index (χ0n) is 11.2. The second-order valence-corrected chi connectivity index (χ2v) is 5.11. The summed E-state index contributed by atoms with van der Waals surface area (Å²) in [6, 6.07) is 2.45. The Bertz CT molecular complexity index is 406. The lowest BCUT2D eigenvalue weighted by Crippen LogP contribution is -2.44. The highest BCUT2D eigenvalue weighted by Crippen LogP contribution is 2.23. The van der Waals surface area contributed by atoms with E-state index < -0.39 is 0 Å². The number of amides is 1. The molecule has 2 rings (SSSR count). The van der Waals surface area contributed by atoms with Gasteiger partial charge in [0.05, 0.1) is 5.56 Å². The molecule has 0 aliphatic heterocycles. The number of nitrogens with two attached hydrogens (primary N) is 1. The number of carbonyl (C=O) groups is 1. The zero-order valence-corrected chi connectivity index (χ0v) is 11.2. The molecule has 0 aromatic carbocycles. The van der Waals surface area contributed by atoms with Gasteiger partial charge < -0.3 is 15.1 Å². The zero-order chi connectivity index (χ0) is 13.1. The number of rotatable bonds is 3. The van der Waals surface area contributed by atoms with E-state index in [9.17, 15) is 4.79 Å². The molecule has 0 spiro atoms. The molecule has 18 heavy (non-hydrogen) atoms. The SMILES string of the molecule is CCN(C(=O)c1coc(C)c1)C1CCC(N)CC1. The standard InChI is InChI=1S/C14H22N2O2/c1-3-16(13-6-4-12(15)5-7-13)14(17)11-8-10(2)18-9-11/h8-9,12-13H,3-7,15H2,1-2H3. The van der Waals surface area contributed by atoms with Crippen LogP contribution in [0.25, 0.3) is 0 Å². The van der Waals surface area contributed by atoms with Crippen molar-refractivity contribution in [3.05, 3.63) is 23.7 Å². The van der Waals surface area contributed by atoms with E-state index in [2.05, 4.69) is 0 Å². The second kappa shape index (κ2) is 5.57. The normalized spacial score (nSPS) is 23.9. The van der Waals surface area contributed by atoms with E-state index in [0.29, 0.717) is 17.6 Å². The fourth-order valence-electron chi connectivity index (χ4n) is 2.70. The summed E-state index contributed by atoms with van der Waals surface area (Å²) >= 11 is 0. The molecule has 0 unspecified atom stereocenters. The minimum Gasteiger partial charge on any atom is -0.469 e. The van der Waals surface area contributed by atoms with Crippen molar-refractivity contribution in [2.75, 3.05) is 6.54 Å². The van der Waals surface area contributed by atoms with Crippen molar-refractivity contribution < 1.29 is 9.21 Å². The third-order valence-electron chi connectivity index (χ3n) is 3.76. The maximum atomic E-state index is 12.4. The molecule has 1 aliphatic rings. The van der Waals surface area contributed by atoms with Gasteiger partial charge in [-0.15, -0.1) is 0 Å². The Balaban J connectivity index is 2.06. The number of hydrogen-bond donors (Lipinski definition) is 1. The fraction of sp³-hybridized carbons (Fsp3) is 0.643. The monoisotopic (exact) mass is 250 g/mol. The summed E-state index contributed by atoms with van der Waals surface area (Å²) < 4.78 is 5.22. The number of hydrogen-bond acceptors (Lipinski definition) is 3. The van der Waals surface area contributed by atoms with Gasteiger partial charge in [0.2, 0.25) is 0 Å². The first-order valence-corrected chi connectivity index (χ1v) is 6.73. The minimum absolute atomic E-state index is 0.0785. The molecule has 0 bridgehead atoms. The summed E-state index contributed by atoms with van der Waals surface area (Å²) in [6.07, 6.45) is 5.60. The molecular weight excluding hydrogens is 228 g/mol. The molecule has 100 valence electrons. The van der Waals surface area contributed by atoms with Crippen molar-refractivity contribution in [3.8, 4) is 0 Å². The van der Waals surface area contributed by atoms with Crippen LogP contribution in [0.1, 0.15) is 48.7 Å². The summed E-state index contributed by atoms with van der Waals surface area (Å²) in [6.45, 7) is 4.62. The van der Waals surface area contributed by atoms with Gasteiger partial charge in [-0.1, -0.05) is 0 Å². The Kier molecular flexibility index (Phi) is 4.07. The summed E-state index contributed by atoms with van der Waals surface area (Å²) in [7, 11) is 0. The van der Waals surface area contributed by atoms with Crippen LogP contribution in [0.5, 0.6) is 0 Å². The molecule has 1 aliphatic carbocycles. The van der Waals surface area contributed by atoms with Crippen molar-refractivity contribution in [3.63, 3.8) is 0 Å². The van der Waals surface area contributed by atoms with E-state index in [1.807, 2.05) is 18.7 Å². The van der Waals surface area contributed by atoms with Gasteiger partial charge >= 0.3 is 0 Å². The molecule has 0 atom stereocenters. The molecule has 4 heteroatoms. The Morgan fingerprint density at radius 2 is 2.11 bits per heavy atom. The van der Waals surface area contributed by atoms with Gasteiger partial charge in [0.25, 0.3) is 5.91 Å². The van der Waals surface area contributed by atoms with Gasteiger partial charge in [-0.2, -0.15) is 0 Å². The van der Waals surface area contributed by atoms with Gasteiger partial charge in [0, 0.05) is 18.6 Å². The number of nitrogens with zero attached hydrogens (tertiary/aromatic N) is 1. The van der Waals surface area contributed by atoms with Gasteiger partial charge in [-0.3, -0.25) is 4.79 Å². The van der Waals surface area contributed by atoms with Crippen LogP contribution in [0.2, 0.25) is 0 Å². The smallest absolute Gasteiger partial charge is 0.257 e. The van der Waals surface area contributed by atoms with Crippen LogP contribution in [0.15, 0.2) is 16.7 Å². The Morgan fingerprint density at radius 3 is 2.61 bits per heavy atom. The molecule has 1 amide bonds. The Morgan fingerprint density at radius 1 is 1.44 bits per heavy atom. The van der Waals surface area contributed by atoms with Crippen molar-refractivity contribution >= 4 is 5.91 Å². The Hall–Kier alpha value is -1.29. The fourth-order valence-corrected chi connectivity index (χ4v) is 2.70. The second-order valence-electron chi connectivity index (χ2n) is 5.11. The number of furan rings is 1. The highest BCUT2D eigenvalue weighted by atomic mass is 16.3. The van der Waals surface area contributed by atoms with Crippen molar-refractivity contribution in [2.45, 2.75) is 51.6 Å². The van der Waals surface area contributed by atoms with E-state index in [1.165, 1.54) is 0 Å². The van der Waals surface area contributed by atoms with Crippen LogP contribution >= 0.6 is 0 Å². The average molecular weight is 250 g/mol. The van der Waals surface area contributed by atoms with Gasteiger partial charge in [-0.25, -0.2) is 0 Å². The van der Waals surface area contributed by atoms with Crippen molar-refractivity contribution in [1.82, 2.24) is 4.90 Å². The molecular formula is C14H22N2O2. The highest BCUT2D eigenvalue weighted by molar-refractivity contribution is 5.94. The average Bonchev–Trinajstić information content (AvgIpc) is 2.79. The predicted molar refractivity (Wildman–Crippen MR) is 70.4 cm³/mol. The van der Waals surface area contributed by atoms with Crippen LogP contribution in [0.4, 0.5) is 0 Å².